The van der Waals surface area contributed by atoms with Gasteiger partial charge in [0, 0.05) is 3.57 Å². The number of carbonyl (C=O) groups excluding carboxylic acids is 1. The van der Waals surface area contributed by atoms with Crippen LogP contribution >= 0.6 is 34.2 Å². The summed E-state index contributed by atoms with van der Waals surface area (Å²) < 4.78 is 0.923. The van der Waals surface area contributed by atoms with Crippen LogP contribution in [0.2, 0.25) is 5.02 Å². The molecule has 1 aromatic carbocycles. The van der Waals surface area contributed by atoms with E-state index in [1.807, 2.05) is 13.0 Å². The van der Waals surface area contributed by atoms with Gasteiger partial charge in [0.1, 0.15) is 0 Å². The van der Waals surface area contributed by atoms with E-state index >= 15 is 0 Å². The summed E-state index contributed by atoms with van der Waals surface area (Å²) in [6, 6.07) is 5.20. The Morgan fingerprint density at radius 1 is 1.56 bits per heavy atom. The predicted molar refractivity (Wildman–Crippen MR) is 75.6 cm³/mol. The van der Waals surface area contributed by atoms with Crippen molar-refractivity contribution in [3.63, 3.8) is 0 Å². The molecule has 0 bridgehead atoms. The number of nitrogens with zero attached hydrogens (tertiary/aromatic N) is 4. The molecule has 18 heavy (non-hydrogen) atoms. The summed E-state index contributed by atoms with van der Waals surface area (Å²) in [6.45, 7) is 2.47. The fraction of sp³-hybridized carbons (Fsp3) is 0.200. The Kier molecular flexibility index (Phi) is 4.12. The van der Waals surface area contributed by atoms with Crippen molar-refractivity contribution in [2.75, 3.05) is 5.32 Å². The number of rotatable bonds is 3. The van der Waals surface area contributed by atoms with Crippen molar-refractivity contribution in [3.05, 3.63) is 32.4 Å². The average Bonchev–Trinajstić information content (AvgIpc) is 2.80. The number of anilines is 1. The van der Waals surface area contributed by atoms with E-state index in [2.05, 4.69) is 43.3 Å². The third-order valence-corrected chi connectivity index (χ3v) is 3.13. The highest BCUT2D eigenvalue weighted by Crippen LogP contribution is 2.19. The fourth-order valence-electron chi connectivity index (χ4n) is 1.27. The standard InChI is InChI=1S/C10H9ClIN5O/c1-2-17-15-10(14-16-17)13-9(18)7-5-6(12)3-4-8(7)11/h3-5H,2H2,1H3,(H,13,15,18). The van der Waals surface area contributed by atoms with Gasteiger partial charge in [0.25, 0.3) is 11.9 Å². The van der Waals surface area contributed by atoms with E-state index in [1.54, 1.807) is 12.1 Å². The van der Waals surface area contributed by atoms with Gasteiger partial charge in [-0.25, -0.2) is 0 Å². The summed E-state index contributed by atoms with van der Waals surface area (Å²) in [6.07, 6.45) is 0. The summed E-state index contributed by atoms with van der Waals surface area (Å²) in [5.74, 6) is -0.189. The van der Waals surface area contributed by atoms with E-state index < -0.39 is 0 Å². The normalized spacial score (nSPS) is 10.4. The molecular weight excluding hydrogens is 369 g/mol. The molecule has 94 valence electrons. The second-order valence-corrected chi connectivity index (χ2v) is 5.03. The number of hydrogen-bond donors (Lipinski definition) is 1. The topological polar surface area (TPSA) is 72.7 Å². The number of aryl methyl sites for hydroxylation is 1. The summed E-state index contributed by atoms with van der Waals surface area (Å²) in [4.78, 5) is 13.3. The first-order valence-electron chi connectivity index (χ1n) is 5.14. The number of nitrogens with one attached hydrogen (secondary N) is 1. The van der Waals surface area contributed by atoms with Crippen molar-refractivity contribution in [2.24, 2.45) is 0 Å². The van der Waals surface area contributed by atoms with Gasteiger partial charge in [-0.05, 0) is 52.9 Å². The van der Waals surface area contributed by atoms with Crippen LogP contribution in [0.5, 0.6) is 0 Å². The van der Waals surface area contributed by atoms with E-state index in [0.717, 1.165) is 3.57 Å². The lowest BCUT2D eigenvalue weighted by molar-refractivity contribution is 0.102. The van der Waals surface area contributed by atoms with E-state index in [4.69, 9.17) is 11.6 Å². The molecule has 2 rings (SSSR count). The molecule has 0 atom stereocenters. The van der Waals surface area contributed by atoms with Crippen LogP contribution in [0.25, 0.3) is 0 Å². The molecule has 0 spiro atoms. The van der Waals surface area contributed by atoms with Gasteiger partial charge in [-0.1, -0.05) is 16.7 Å². The number of halogens is 2. The largest absolute Gasteiger partial charge is 0.288 e. The Labute approximate surface area is 122 Å². The van der Waals surface area contributed by atoms with Gasteiger partial charge in [0.05, 0.1) is 17.1 Å². The van der Waals surface area contributed by atoms with Crippen molar-refractivity contribution < 1.29 is 4.79 Å². The van der Waals surface area contributed by atoms with E-state index in [9.17, 15) is 4.79 Å². The first-order valence-corrected chi connectivity index (χ1v) is 6.60. The van der Waals surface area contributed by atoms with E-state index in [1.165, 1.54) is 4.80 Å². The Balaban J connectivity index is 2.19. The minimum atomic E-state index is -0.353. The highest BCUT2D eigenvalue weighted by molar-refractivity contribution is 14.1. The molecule has 1 amide bonds. The highest BCUT2D eigenvalue weighted by atomic mass is 127. The van der Waals surface area contributed by atoms with Crippen LogP contribution in [0, 0.1) is 3.57 Å². The first kappa shape index (κ1) is 13.2. The Morgan fingerprint density at radius 2 is 2.33 bits per heavy atom. The maximum atomic E-state index is 12.0. The molecule has 6 nitrogen and oxygen atoms in total. The maximum absolute atomic E-state index is 12.0. The number of benzene rings is 1. The van der Waals surface area contributed by atoms with Gasteiger partial charge in [-0.15, -0.1) is 5.10 Å². The number of hydrogen-bond acceptors (Lipinski definition) is 4. The molecule has 0 saturated heterocycles. The van der Waals surface area contributed by atoms with Crippen molar-refractivity contribution in [1.29, 1.82) is 0 Å². The second kappa shape index (κ2) is 5.61. The molecule has 0 fully saturated rings. The zero-order chi connectivity index (χ0) is 13.1. The summed E-state index contributed by atoms with van der Waals surface area (Å²) >= 11 is 8.07. The lowest BCUT2D eigenvalue weighted by atomic mass is 10.2. The van der Waals surface area contributed by atoms with Gasteiger partial charge in [-0.3, -0.25) is 10.1 Å². The van der Waals surface area contributed by atoms with Crippen LogP contribution in [0.15, 0.2) is 18.2 Å². The molecule has 0 radical (unpaired) electrons. The Hall–Kier alpha value is -1.22. The lowest BCUT2D eigenvalue weighted by Gasteiger charge is -2.03. The Bertz CT molecular complexity index is 585. The van der Waals surface area contributed by atoms with Crippen molar-refractivity contribution >= 4 is 46.0 Å². The second-order valence-electron chi connectivity index (χ2n) is 3.38. The summed E-state index contributed by atoms with van der Waals surface area (Å²) in [7, 11) is 0. The van der Waals surface area contributed by atoms with Crippen LogP contribution in [-0.2, 0) is 6.54 Å². The van der Waals surface area contributed by atoms with Crippen molar-refractivity contribution in [3.8, 4) is 0 Å². The van der Waals surface area contributed by atoms with Gasteiger partial charge in [0.2, 0.25) is 0 Å². The molecule has 0 aliphatic heterocycles. The van der Waals surface area contributed by atoms with Gasteiger partial charge >= 0.3 is 0 Å². The number of amides is 1. The van der Waals surface area contributed by atoms with Crippen LogP contribution < -0.4 is 5.32 Å². The molecule has 8 heteroatoms. The smallest absolute Gasteiger partial charge is 0.270 e. The minimum Gasteiger partial charge on any atom is -0.288 e. The molecule has 0 saturated carbocycles. The van der Waals surface area contributed by atoms with Crippen molar-refractivity contribution in [1.82, 2.24) is 20.2 Å². The quantitative estimate of drug-likeness (QED) is 0.833. The molecule has 2 aromatic rings. The molecular formula is C10H9ClIN5O. The average molecular weight is 378 g/mol. The Morgan fingerprint density at radius 3 is 3.00 bits per heavy atom. The molecule has 1 aromatic heterocycles. The predicted octanol–water partition coefficient (Wildman–Crippen LogP) is 2.20. The van der Waals surface area contributed by atoms with Crippen LogP contribution in [0.3, 0.4) is 0 Å². The van der Waals surface area contributed by atoms with Crippen LogP contribution in [0.4, 0.5) is 5.95 Å². The monoisotopic (exact) mass is 377 g/mol. The summed E-state index contributed by atoms with van der Waals surface area (Å²) in [5.41, 5.74) is 0.386. The molecule has 0 aliphatic carbocycles. The SMILES string of the molecule is CCn1nnc(NC(=O)c2cc(I)ccc2Cl)n1. The van der Waals surface area contributed by atoms with E-state index in [-0.39, 0.29) is 11.9 Å². The first-order chi connectivity index (χ1) is 8.60. The van der Waals surface area contributed by atoms with Crippen LogP contribution in [-0.4, -0.2) is 26.1 Å². The zero-order valence-electron chi connectivity index (χ0n) is 9.39. The van der Waals surface area contributed by atoms with Crippen molar-refractivity contribution in [2.45, 2.75) is 13.5 Å². The van der Waals surface area contributed by atoms with Gasteiger partial charge in [0.15, 0.2) is 0 Å². The zero-order valence-corrected chi connectivity index (χ0v) is 12.3. The maximum Gasteiger partial charge on any atom is 0.270 e. The van der Waals surface area contributed by atoms with Crippen LogP contribution in [0.1, 0.15) is 17.3 Å². The third-order valence-electron chi connectivity index (χ3n) is 2.13. The minimum absolute atomic E-state index is 0.164. The third kappa shape index (κ3) is 2.96. The van der Waals surface area contributed by atoms with Gasteiger partial charge in [-0.2, -0.15) is 4.80 Å². The number of tetrazole rings is 1. The molecule has 1 N–H and O–H groups in total. The molecule has 0 unspecified atom stereocenters. The molecule has 0 aliphatic rings. The fourth-order valence-corrected chi connectivity index (χ4v) is 1.96. The van der Waals surface area contributed by atoms with Gasteiger partial charge < -0.3 is 0 Å². The molecule has 1 heterocycles. The van der Waals surface area contributed by atoms with E-state index in [0.29, 0.717) is 17.1 Å². The summed E-state index contributed by atoms with van der Waals surface area (Å²) in [5, 5.41) is 14.4. The highest BCUT2D eigenvalue weighted by Gasteiger charge is 2.13. The number of aromatic nitrogens is 4. The lowest BCUT2D eigenvalue weighted by Crippen LogP contribution is -2.14. The number of carbonyl (C=O) groups is 1.